The maximum absolute atomic E-state index is 12.2. The van der Waals surface area contributed by atoms with Crippen LogP contribution in [0.25, 0.3) is 0 Å². The minimum absolute atomic E-state index is 0.0889. The number of anilines is 1. The lowest BCUT2D eigenvalue weighted by Gasteiger charge is -2.12. The smallest absolute Gasteiger partial charge is 0.374 e. The lowest BCUT2D eigenvalue weighted by molar-refractivity contribution is -0.385. The molecule has 2 rings (SSSR count). The Kier molecular flexibility index (Phi) is 6.03. The van der Waals surface area contributed by atoms with Gasteiger partial charge in [-0.25, -0.2) is 4.98 Å². The number of nitro benzene ring substituents is 1. The first-order chi connectivity index (χ1) is 12.7. The molecule has 0 bridgehead atoms. The van der Waals surface area contributed by atoms with Crippen LogP contribution in [0.1, 0.15) is 24.2 Å². The average Bonchev–Trinajstić information content (AvgIpc) is 2.59. The van der Waals surface area contributed by atoms with Crippen molar-refractivity contribution in [2.75, 3.05) is 5.43 Å². The Bertz CT molecular complexity index is 906. The highest BCUT2D eigenvalue weighted by Crippen LogP contribution is 2.31. The van der Waals surface area contributed by atoms with Crippen molar-refractivity contribution in [3.63, 3.8) is 0 Å². The van der Waals surface area contributed by atoms with Crippen LogP contribution >= 0.6 is 11.6 Å². The van der Waals surface area contributed by atoms with E-state index in [1.807, 2.05) is 0 Å². The van der Waals surface area contributed by atoms with Crippen molar-refractivity contribution in [2.45, 2.75) is 20.0 Å². The summed E-state index contributed by atoms with van der Waals surface area (Å²) in [5.41, 5.74) is 3.35. The molecule has 0 aliphatic carbocycles. The molecule has 12 nitrogen and oxygen atoms in total. The third-order valence-electron chi connectivity index (χ3n) is 3.02. The number of hydrogen-bond donors (Lipinski definition) is 2. The summed E-state index contributed by atoms with van der Waals surface area (Å²) in [7, 11) is 0. The standard InChI is InChI=1S/C14H13ClN6O6/c1-7(2)27-14-11(21(25)26)12(16-6-17-14)18-19-13(22)8-3-4-9(15)10(5-8)20(23)24/h3-7H,1-2H3,(H,19,22)(H,16,17,18). The van der Waals surface area contributed by atoms with Crippen LogP contribution in [-0.4, -0.2) is 31.8 Å². The summed E-state index contributed by atoms with van der Waals surface area (Å²) in [6, 6.07) is 3.42. The van der Waals surface area contributed by atoms with Gasteiger partial charge in [0.2, 0.25) is 5.82 Å². The predicted molar refractivity (Wildman–Crippen MR) is 93.6 cm³/mol. The lowest BCUT2D eigenvalue weighted by Crippen LogP contribution is -2.30. The molecule has 1 aromatic carbocycles. The number of nitrogens with zero attached hydrogens (tertiary/aromatic N) is 4. The van der Waals surface area contributed by atoms with Crippen LogP contribution in [0.3, 0.4) is 0 Å². The quantitative estimate of drug-likeness (QED) is 0.528. The zero-order chi connectivity index (χ0) is 20.1. The zero-order valence-electron chi connectivity index (χ0n) is 14.0. The third kappa shape index (κ3) is 4.76. The van der Waals surface area contributed by atoms with E-state index in [0.29, 0.717) is 0 Å². The molecule has 0 saturated carbocycles. The van der Waals surface area contributed by atoms with E-state index in [-0.39, 0.29) is 28.4 Å². The van der Waals surface area contributed by atoms with Crippen molar-refractivity contribution < 1.29 is 19.4 Å². The van der Waals surface area contributed by atoms with Gasteiger partial charge in [-0.2, -0.15) is 4.98 Å². The van der Waals surface area contributed by atoms with E-state index in [2.05, 4.69) is 20.8 Å². The number of nitro groups is 2. The van der Waals surface area contributed by atoms with Gasteiger partial charge in [0, 0.05) is 11.6 Å². The van der Waals surface area contributed by atoms with E-state index in [0.717, 1.165) is 12.4 Å². The molecular formula is C14H13ClN6O6. The van der Waals surface area contributed by atoms with Crippen molar-refractivity contribution in [2.24, 2.45) is 0 Å². The van der Waals surface area contributed by atoms with Crippen LogP contribution < -0.4 is 15.6 Å². The van der Waals surface area contributed by atoms with Crippen LogP contribution in [0, 0.1) is 20.2 Å². The third-order valence-corrected chi connectivity index (χ3v) is 3.34. The molecule has 0 unspecified atom stereocenters. The summed E-state index contributed by atoms with van der Waals surface area (Å²) < 4.78 is 5.26. The molecule has 0 atom stereocenters. The lowest BCUT2D eigenvalue weighted by atomic mass is 10.2. The first-order valence-electron chi connectivity index (χ1n) is 7.37. The van der Waals surface area contributed by atoms with Gasteiger partial charge in [0.25, 0.3) is 17.5 Å². The van der Waals surface area contributed by atoms with Crippen molar-refractivity contribution in [3.05, 3.63) is 55.3 Å². The maximum Gasteiger partial charge on any atom is 0.374 e. The highest BCUT2D eigenvalue weighted by molar-refractivity contribution is 6.32. The van der Waals surface area contributed by atoms with Gasteiger partial charge in [-0.05, 0) is 26.0 Å². The van der Waals surface area contributed by atoms with Gasteiger partial charge >= 0.3 is 5.69 Å². The fourth-order valence-electron chi connectivity index (χ4n) is 1.91. The summed E-state index contributed by atoms with van der Waals surface area (Å²) in [4.78, 5) is 40.3. The Labute approximate surface area is 156 Å². The molecular weight excluding hydrogens is 384 g/mol. The Balaban J connectivity index is 2.24. The molecule has 0 saturated heterocycles. The van der Waals surface area contributed by atoms with Gasteiger partial charge in [-0.15, -0.1) is 0 Å². The van der Waals surface area contributed by atoms with Gasteiger partial charge in [-0.3, -0.25) is 35.9 Å². The van der Waals surface area contributed by atoms with E-state index >= 15 is 0 Å². The number of aromatic nitrogens is 2. The Hall–Kier alpha value is -3.54. The SMILES string of the molecule is CC(C)Oc1ncnc(NNC(=O)c2ccc(Cl)c([N+](=O)[O-])c2)c1[N+](=O)[O-]. The normalized spacial score (nSPS) is 10.4. The Morgan fingerprint density at radius 1 is 1.22 bits per heavy atom. The predicted octanol–water partition coefficient (Wildman–Crippen LogP) is 2.49. The summed E-state index contributed by atoms with van der Waals surface area (Å²) in [6.07, 6.45) is 0.641. The molecule has 1 amide bonds. The highest BCUT2D eigenvalue weighted by atomic mass is 35.5. The largest absolute Gasteiger partial charge is 0.470 e. The fourth-order valence-corrected chi connectivity index (χ4v) is 2.10. The topological polar surface area (TPSA) is 162 Å². The maximum atomic E-state index is 12.2. The monoisotopic (exact) mass is 396 g/mol. The Morgan fingerprint density at radius 3 is 2.52 bits per heavy atom. The molecule has 0 aliphatic rings. The fraction of sp³-hybridized carbons (Fsp3) is 0.214. The molecule has 1 heterocycles. The minimum Gasteiger partial charge on any atom is -0.470 e. The molecule has 1 aromatic heterocycles. The van der Waals surface area contributed by atoms with Crippen molar-refractivity contribution in [1.29, 1.82) is 0 Å². The van der Waals surface area contributed by atoms with Crippen LogP contribution in [0.4, 0.5) is 17.2 Å². The van der Waals surface area contributed by atoms with Crippen LogP contribution in [0.2, 0.25) is 5.02 Å². The number of carbonyl (C=O) groups excluding carboxylic acids is 1. The summed E-state index contributed by atoms with van der Waals surface area (Å²) >= 11 is 5.69. The molecule has 2 aromatic rings. The number of nitrogens with one attached hydrogen (secondary N) is 2. The molecule has 0 spiro atoms. The minimum atomic E-state index is -0.797. The number of carbonyl (C=O) groups is 1. The number of amides is 1. The first-order valence-corrected chi connectivity index (χ1v) is 7.74. The highest BCUT2D eigenvalue weighted by Gasteiger charge is 2.26. The van der Waals surface area contributed by atoms with Gasteiger partial charge in [0.05, 0.1) is 16.0 Å². The second-order valence-electron chi connectivity index (χ2n) is 5.30. The van der Waals surface area contributed by atoms with E-state index in [9.17, 15) is 25.0 Å². The van der Waals surface area contributed by atoms with Crippen LogP contribution in [0.5, 0.6) is 5.88 Å². The van der Waals surface area contributed by atoms with Gasteiger partial charge in [0.1, 0.15) is 11.3 Å². The summed E-state index contributed by atoms with van der Waals surface area (Å²) in [5, 5.41) is 22.1. The molecule has 27 heavy (non-hydrogen) atoms. The number of hydrogen-bond acceptors (Lipinski definition) is 9. The molecule has 0 fully saturated rings. The number of hydrazine groups is 1. The molecule has 0 aliphatic heterocycles. The number of ether oxygens (including phenoxy) is 1. The summed E-state index contributed by atoms with van der Waals surface area (Å²) in [6.45, 7) is 3.32. The van der Waals surface area contributed by atoms with Gasteiger partial charge in [-0.1, -0.05) is 11.6 Å². The van der Waals surface area contributed by atoms with E-state index < -0.39 is 27.1 Å². The summed E-state index contributed by atoms with van der Waals surface area (Å²) in [5.74, 6) is -1.39. The van der Waals surface area contributed by atoms with Crippen molar-refractivity contribution in [3.8, 4) is 5.88 Å². The second-order valence-corrected chi connectivity index (χ2v) is 5.71. The van der Waals surface area contributed by atoms with Crippen LogP contribution in [0.15, 0.2) is 24.5 Å². The van der Waals surface area contributed by atoms with Crippen LogP contribution in [-0.2, 0) is 0 Å². The van der Waals surface area contributed by atoms with E-state index in [1.165, 1.54) is 12.1 Å². The number of benzene rings is 1. The molecule has 2 N–H and O–H groups in total. The average molecular weight is 397 g/mol. The zero-order valence-corrected chi connectivity index (χ0v) is 14.8. The van der Waals surface area contributed by atoms with E-state index in [4.69, 9.17) is 16.3 Å². The number of rotatable bonds is 7. The van der Waals surface area contributed by atoms with Crippen molar-refractivity contribution in [1.82, 2.24) is 15.4 Å². The van der Waals surface area contributed by atoms with Gasteiger partial charge < -0.3 is 4.74 Å². The number of halogens is 1. The first kappa shape index (κ1) is 19.8. The van der Waals surface area contributed by atoms with E-state index in [1.54, 1.807) is 13.8 Å². The molecule has 13 heteroatoms. The van der Waals surface area contributed by atoms with Gasteiger partial charge in [0.15, 0.2) is 0 Å². The second kappa shape index (κ2) is 8.23. The Morgan fingerprint density at radius 2 is 1.93 bits per heavy atom. The van der Waals surface area contributed by atoms with Crippen molar-refractivity contribution >= 4 is 34.7 Å². The molecule has 0 radical (unpaired) electrons. The molecule has 142 valence electrons.